The number of carbonyl (C=O) groups excluding carboxylic acids is 1. The molecule has 0 spiro atoms. The lowest BCUT2D eigenvalue weighted by molar-refractivity contribution is -0.140. The number of hydrogen-bond donors (Lipinski definition) is 1. The minimum atomic E-state index is -4.39. The van der Waals surface area contributed by atoms with Gasteiger partial charge in [0.1, 0.15) is 6.54 Å². The molecule has 0 bridgehead atoms. The first-order valence-corrected chi connectivity index (χ1v) is 5.85. The zero-order valence-corrected chi connectivity index (χ0v) is 11.0. The van der Waals surface area contributed by atoms with Crippen LogP contribution in [0.1, 0.15) is 22.8 Å². The topological polar surface area (TPSA) is 20.3 Å². The fraction of sp³-hybridized carbons (Fsp3) is 0.417. The van der Waals surface area contributed by atoms with Crippen LogP contribution in [0.5, 0.6) is 0 Å². The number of hydrogen-bond acceptors (Lipinski definition) is 2. The molecule has 0 fully saturated rings. The van der Waals surface area contributed by atoms with Gasteiger partial charge in [-0.1, -0.05) is 6.07 Å². The standard InChI is InChI=1S/C12H14F3NOS/c1-3-16(7-12(13,14)15)11(17)10-6-9(18)5-4-8(10)2/h4-6,18H,3,7H2,1-2H3. The van der Waals surface area contributed by atoms with E-state index in [9.17, 15) is 18.0 Å². The molecule has 0 unspecified atom stereocenters. The Labute approximate surface area is 109 Å². The fourth-order valence-corrected chi connectivity index (χ4v) is 1.76. The van der Waals surface area contributed by atoms with E-state index >= 15 is 0 Å². The van der Waals surface area contributed by atoms with Crippen LogP contribution in [0.15, 0.2) is 23.1 Å². The number of benzene rings is 1. The monoisotopic (exact) mass is 277 g/mol. The van der Waals surface area contributed by atoms with Gasteiger partial charge in [0, 0.05) is 17.0 Å². The number of aryl methyl sites for hydroxylation is 1. The molecule has 0 radical (unpaired) electrons. The summed E-state index contributed by atoms with van der Waals surface area (Å²) in [6, 6.07) is 4.84. The Hall–Kier alpha value is -1.17. The summed E-state index contributed by atoms with van der Waals surface area (Å²) in [7, 11) is 0. The molecule has 0 aromatic heterocycles. The van der Waals surface area contributed by atoms with Crippen molar-refractivity contribution in [1.29, 1.82) is 0 Å². The van der Waals surface area contributed by atoms with E-state index in [1.165, 1.54) is 13.0 Å². The molecule has 6 heteroatoms. The van der Waals surface area contributed by atoms with Crippen molar-refractivity contribution < 1.29 is 18.0 Å². The number of nitrogens with zero attached hydrogens (tertiary/aromatic N) is 1. The van der Waals surface area contributed by atoms with Crippen LogP contribution in [-0.4, -0.2) is 30.1 Å². The SMILES string of the molecule is CCN(CC(F)(F)F)C(=O)c1cc(S)ccc1C. The molecule has 0 saturated carbocycles. The first-order chi connectivity index (χ1) is 8.24. The van der Waals surface area contributed by atoms with Crippen LogP contribution >= 0.6 is 12.6 Å². The van der Waals surface area contributed by atoms with Gasteiger partial charge in [0.2, 0.25) is 0 Å². The molecule has 0 N–H and O–H groups in total. The largest absolute Gasteiger partial charge is 0.406 e. The second kappa shape index (κ2) is 5.65. The van der Waals surface area contributed by atoms with E-state index in [4.69, 9.17) is 0 Å². The highest BCUT2D eigenvalue weighted by molar-refractivity contribution is 7.80. The molecule has 0 saturated heterocycles. The Bertz CT molecular complexity index is 445. The summed E-state index contributed by atoms with van der Waals surface area (Å²) in [5.74, 6) is -0.622. The van der Waals surface area contributed by atoms with E-state index in [1.54, 1.807) is 19.1 Å². The molecule has 1 aromatic rings. The van der Waals surface area contributed by atoms with Crippen molar-refractivity contribution in [3.8, 4) is 0 Å². The summed E-state index contributed by atoms with van der Waals surface area (Å²) in [6.07, 6.45) is -4.39. The summed E-state index contributed by atoms with van der Waals surface area (Å²) in [4.78, 5) is 13.3. The van der Waals surface area contributed by atoms with E-state index < -0.39 is 18.6 Å². The number of rotatable bonds is 3. The van der Waals surface area contributed by atoms with Gasteiger partial charge in [-0.3, -0.25) is 4.79 Å². The van der Waals surface area contributed by atoms with Gasteiger partial charge in [-0.2, -0.15) is 13.2 Å². The molecule has 1 aromatic carbocycles. The predicted molar refractivity (Wildman–Crippen MR) is 66.1 cm³/mol. The smallest absolute Gasteiger partial charge is 0.330 e. The van der Waals surface area contributed by atoms with Crippen LogP contribution in [0.4, 0.5) is 13.2 Å². The number of amides is 1. The molecule has 0 aliphatic carbocycles. The van der Waals surface area contributed by atoms with Crippen LogP contribution in [0.25, 0.3) is 0 Å². The molecule has 18 heavy (non-hydrogen) atoms. The highest BCUT2D eigenvalue weighted by atomic mass is 32.1. The third-order valence-corrected chi connectivity index (χ3v) is 2.77. The minimum Gasteiger partial charge on any atom is -0.330 e. The maximum Gasteiger partial charge on any atom is 0.406 e. The lowest BCUT2D eigenvalue weighted by Crippen LogP contribution is -2.39. The quantitative estimate of drug-likeness (QED) is 0.840. The van der Waals surface area contributed by atoms with E-state index in [0.29, 0.717) is 10.5 Å². The van der Waals surface area contributed by atoms with E-state index in [0.717, 1.165) is 4.90 Å². The van der Waals surface area contributed by atoms with Crippen LogP contribution in [0.2, 0.25) is 0 Å². The zero-order chi connectivity index (χ0) is 13.9. The minimum absolute atomic E-state index is 0.00851. The van der Waals surface area contributed by atoms with Gasteiger partial charge in [0.05, 0.1) is 0 Å². The van der Waals surface area contributed by atoms with Crippen molar-refractivity contribution in [3.63, 3.8) is 0 Å². The average Bonchev–Trinajstić information content (AvgIpc) is 2.27. The number of halogens is 3. The summed E-state index contributed by atoms with van der Waals surface area (Å²) >= 11 is 4.09. The van der Waals surface area contributed by atoms with Crippen molar-refractivity contribution in [2.24, 2.45) is 0 Å². The molecular formula is C12H14F3NOS. The normalized spacial score (nSPS) is 11.4. The van der Waals surface area contributed by atoms with Gasteiger partial charge in [0.25, 0.3) is 5.91 Å². The summed E-state index contributed by atoms with van der Waals surface area (Å²) in [5.41, 5.74) is 0.895. The van der Waals surface area contributed by atoms with Gasteiger partial charge >= 0.3 is 6.18 Å². The van der Waals surface area contributed by atoms with Crippen LogP contribution in [-0.2, 0) is 0 Å². The molecule has 0 atom stereocenters. The Kier molecular flexibility index (Phi) is 4.67. The van der Waals surface area contributed by atoms with E-state index in [-0.39, 0.29) is 12.1 Å². The van der Waals surface area contributed by atoms with Gasteiger partial charge in [-0.25, -0.2) is 0 Å². The lowest BCUT2D eigenvalue weighted by Gasteiger charge is -2.23. The third kappa shape index (κ3) is 3.94. The lowest BCUT2D eigenvalue weighted by atomic mass is 10.1. The maximum atomic E-state index is 12.3. The maximum absolute atomic E-state index is 12.3. The molecule has 2 nitrogen and oxygen atoms in total. The van der Waals surface area contributed by atoms with Crippen molar-refractivity contribution in [1.82, 2.24) is 4.90 Å². The van der Waals surface area contributed by atoms with E-state index in [2.05, 4.69) is 12.6 Å². The van der Waals surface area contributed by atoms with Crippen LogP contribution in [0, 0.1) is 6.92 Å². The highest BCUT2D eigenvalue weighted by Crippen LogP contribution is 2.20. The zero-order valence-electron chi connectivity index (χ0n) is 10.1. The number of thiol groups is 1. The Balaban J connectivity index is 3.00. The number of carbonyl (C=O) groups is 1. The molecule has 100 valence electrons. The summed E-state index contributed by atoms with van der Waals surface area (Å²) < 4.78 is 37.0. The second-order valence-corrected chi connectivity index (χ2v) is 4.45. The van der Waals surface area contributed by atoms with Gasteiger partial charge in [0.15, 0.2) is 0 Å². The van der Waals surface area contributed by atoms with Crippen molar-refractivity contribution in [2.45, 2.75) is 24.9 Å². The Morgan fingerprint density at radius 1 is 1.39 bits per heavy atom. The highest BCUT2D eigenvalue weighted by Gasteiger charge is 2.32. The van der Waals surface area contributed by atoms with Crippen molar-refractivity contribution in [2.75, 3.05) is 13.1 Å². The van der Waals surface area contributed by atoms with E-state index in [1.807, 2.05) is 0 Å². The van der Waals surface area contributed by atoms with Gasteiger partial charge in [-0.15, -0.1) is 12.6 Å². The average molecular weight is 277 g/mol. The molecule has 0 heterocycles. The molecule has 0 aliphatic heterocycles. The molecular weight excluding hydrogens is 263 g/mol. The summed E-state index contributed by atoms with van der Waals surface area (Å²) in [5, 5.41) is 0. The Morgan fingerprint density at radius 2 is 2.00 bits per heavy atom. The fourth-order valence-electron chi connectivity index (χ4n) is 1.55. The van der Waals surface area contributed by atoms with Crippen LogP contribution < -0.4 is 0 Å². The van der Waals surface area contributed by atoms with Crippen molar-refractivity contribution >= 4 is 18.5 Å². The third-order valence-electron chi connectivity index (χ3n) is 2.49. The molecule has 1 amide bonds. The van der Waals surface area contributed by atoms with Gasteiger partial charge in [-0.05, 0) is 31.5 Å². The van der Waals surface area contributed by atoms with Crippen LogP contribution in [0.3, 0.4) is 0 Å². The summed E-state index contributed by atoms with van der Waals surface area (Å²) in [6.45, 7) is 1.97. The Morgan fingerprint density at radius 3 is 2.50 bits per heavy atom. The second-order valence-electron chi connectivity index (χ2n) is 3.93. The van der Waals surface area contributed by atoms with Crippen molar-refractivity contribution in [3.05, 3.63) is 29.3 Å². The first-order valence-electron chi connectivity index (χ1n) is 5.40. The molecule has 0 aliphatic rings. The van der Waals surface area contributed by atoms with Gasteiger partial charge < -0.3 is 4.90 Å². The number of alkyl halides is 3. The first kappa shape index (κ1) is 14.9. The molecule has 1 rings (SSSR count). The predicted octanol–water partition coefficient (Wildman–Crippen LogP) is 3.31.